The van der Waals surface area contributed by atoms with Crippen LogP contribution in [0.25, 0.3) is 0 Å². The molecule has 2 N–H and O–H groups in total. The molecule has 0 radical (unpaired) electrons. The van der Waals surface area contributed by atoms with Crippen LogP contribution < -0.4 is 5.50 Å². The van der Waals surface area contributed by atoms with Crippen LogP contribution in [0.4, 0.5) is 0 Å². The quantitative estimate of drug-likeness (QED) is 0.662. The van der Waals surface area contributed by atoms with E-state index in [9.17, 15) is 0 Å². The van der Waals surface area contributed by atoms with Gasteiger partial charge in [0.2, 0.25) is 0 Å². The van der Waals surface area contributed by atoms with E-state index in [2.05, 4.69) is 0 Å². The van der Waals surface area contributed by atoms with Crippen LogP contribution in [0.1, 0.15) is 27.7 Å². The zero-order valence-electron chi connectivity index (χ0n) is 8.67. The van der Waals surface area contributed by atoms with Crippen LogP contribution in [0.3, 0.4) is 0 Å². The van der Waals surface area contributed by atoms with E-state index in [1.807, 2.05) is 27.7 Å². The Morgan fingerprint density at radius 3 is 1.42 bits per heavy atom. The predicted octanol–water partition coefficient (Wildman–Crippen LogP) is 2.36. The van der Waals surface area contributed by atoms with Gasteiger partial charge in [-0.15, -0.1) is 0 Å². The molecule has 0 heterocycles. The summed E-state index contributed by atoms with van der Waals surface area (Å²) in [6.07, 6.45) is 1.59. The molecule has 3 nitrogen and oxygen atoms in total. The van der Waals surface area contributed by atoms with Gasteiger partial charge in [0.25, 0.3) is 0 Å². The topological polar surface area (TPSA) is 44.5 Å². The van der Waals surface area contributed by atoms with Crippen LogP contribution in [0, 0.1) is 0 Å². The third-order valence-electron chi connectivity index (χ3n) is 2.21. The molecule has 0 aromatic rings. The molecular weight excluding hydrogens is 173 g/mol. The molecule has 0 spiro atoms. The maximum absolute atomic E-state index is 6.23. The Kier molecular flexibility index (Phi) is 4.64. The summed E-state index contributed by atoms with van der Waals surface area (Å²) in [5.41, 5.74) is 6.23. The normalized spacial score (nSPS) is 15.6. The van der Waals surface area contributed by atoms with E-state index in [1.165, 1.54) is 0 Å². The molecule has 76 valence electrons. The van der Waals surface area contributed by atoms with Gasteiger partial charge in [0.05, 0.1) is 0 Å². The van der Waals surface area contributed by atoms with Gasteiger partial charge in [-0.25, -0.2) is 0 Å². The molecule has 0 amide bonds. The third kappa shape index (κ3) is 2.67. The summed E-state index contributed by atoms with van der Waals surface area (Å²) in [6.45, 7) is 9.25. The van der Waals surface area contributed by atoms with Crippen molar-refractivity contribution in [1.82, 2.24) is 0 Å². The molecule has 0 aliphatic heterocycles. The van der Waals surface area contributed by atoms with E-state index in [1.54, 1.807) is 0 Å². The average Bonchev–Trinajstić information content (AvgIpc) is 2.06. The van der Waals surface area contributed by atoms with Crippen molar-refractivity contribution >= 4 is 7.21 Å². The van der Waals surface area contributed by atoms with Gasteiger partial charge in [-0.05, 0) is 0 Å². The second kappa shape index (κ2) is 4.52. The minimum absolute atomic E-state index is 0.635. The molecule has 0 aromatic carbocycles. The summed E-state index contributed by atoms with van der Waals surface area (Å²) >= 11 is 0. The van der Waals surface area contributed by atoms with Crippen molar-refractivity contribution in [3.05, 3.63) is 0 Å². The fourth-order valence-corrected chi connectivity index (χ4v) is 3.74. The van der Waals surface area contributed by atoms with Crippen molar-refractivity contribution in [2.45, 2.75) is 27.7 Å². The Balaban J connectivity index is 4.50. The van der Waals surface area contributed by atoms with E-state index in [-0.39, 0.29) is 0 Å². The van der Waals surface area contributed by atoms with E-state index >= 15 is 0 Å². The Bertz CT molecular complexity index is 127. The summed E-state index contributed by atoms with van der Waals surface area (Å²) in [4.78, 5) is 0. The molecule has 0 aliphatic carbocycles. The summed E-state index contributed by atoms with van der Waals surface area (Å²) in [5.74, 6) is 0. The van der Waals surface area contributed by atoms with Crippen molar-refractivity contribution in [2.75, 3.05) is 25.5 Å². The molecule has 0 bridgehead atoms. The summed E-state index contributed by atoms with van der Waals surface area (Å²) in [7, 11) is -2.71. The van der Waals surface area contributed by atoms with E-state index in [0.29, 0.717) is 13.2 Å². The molecule has 0 fully saturated rings. The van der Waals surface area contributed by atoms with Crippen molar-refractivity contribution in [3.63, 3.8) is 0 Å². The van der Waals surface area contributed by atoms with E-state index < -0.39 is 7.21 Å². The van der Waals surface area contributed by atoms with E-state index in [4.69, 9.17) is 14.6 Å². The van der Waals surface area contributed by atoms with Gasteiger partial charge in [-0.2, -0.15) is 0 Å². The monoisotopic (exact) mass is 195 g/mol. The van der Waals surface area contributed by atoms with Gasteiger partial charge in [0.1, 0.15) is 0 Å². The minimum atomic E-state index is -2.71. The molecule has 0 saturated heterocycles. The van der Waals surface area contributed by atoms with Gasteiger partial charge in [-0.3, -0.25) is 0 Å². The van der Waals surface area contributed by atoms with Gasteiger partial charge in [-0.1, -0.05) is 0 Å². The van der Waals surface area contributed by atoms with Crippen LogP contribution in [0.15, 0.2) is 0 Å². The van der Waals surface area contributed by atoms with Crippen LogP contribution in [0.5, 0.6) is 0 Å². The standard InChI is InChI=1S/C8H22NO2P/c1-5-10-12(9,7-3,8-4)11-6-2/h5-9H2,1-4H3. The molecule has 0 aromatic heterocycles. The molecule has 0 saturated carbocycles. The summed E-state index contributed by atoms with van der Waals surface area (Å²) in [5, 5.41) is 0. The number of nitrogens with two attached hydrogens (primary N) is 1. The fraction of sp³-hybridized carbons (Fsp3) is 1.00. The molecule has 0 unspecified atom stereocenters. The number of hydrogen-bond donors (Lipinski definition) is 1. The molecule has 0 rings (SSSR count). The van der Waals surface area contributed by atoms with Gasteiger partial charge >= 0.3 is 75.0 Å². The third-order valence-corrected chi connectivity index (χ3v) is 6.62. The van der Waals surface area contributed by atoms with Crippen molar-refractivity contribution in [2.24, 2.45) is 5.50 Å². The Labute approximate surface area is 75.8 Å². The first-order valence-electron chi connectivity index (χ1n) is 4.66. The number of hydrogen-bond acceptors (Lipinski definition) is 3. The molecule has 0 atom stereocenters. The fourth-order valence-electron chi connectivity index (χ4n) is 1.25. The zero-order chi connectivity index (χ0) is 9.69. The average molecular weight is 195 g/mol. The SMILES string of the molecule is CCOP(N)(CC)(CC)OCC. The molecule has 4 heteroatoms. The Morgan fingerprint density at radius 1 is 0.917 bits per heavy atom. The second-order valence-corrected chi connectivity index (χ2v) is 7.42. The molecule has 12 heavy (non-hydrogen) atoms. The Hall–Kier alpha value is 0.310. The first kappa shape index (κ1) is 12.3. The predicted molar refractivity (Wildman–Crippen MR) is 55.4 cm³/mol. The van der Waals surface area contributed by atoms with Crippen LogP contribution in [0.2, 0.25) is 0 Å². The Morgan fingerprint density at radius 2 is 1.25 bits per heavy atom. The molecule has 0 aliphatic rings. The van der Waals surface area contributed by atoms with Gasteiger partial charge in [0, 0.05) is 0 Å². The van der Waals surface area contributed by atoms with Gasteiger partial charge in [0.15, 0.2) is 0 Å². The first-order valence-corrected chi connectivity index (χ1v) is 7.17. The van der Waals surface area contributed by atoms with Crippen molar-refractivity contribution in [3.8, 4) is 0 Å². The van der Waals surface area contributed by atoms with Gasteiger partial charge < -0.3 is 0 Å². The second-order valence-electron chi connectivity index (χ2n) is 2.86. The first-order chi connectivity index (χ1) is 5.54. The van der Waals surface area contributed by atoms with Crippen molar-refractivity contribution in [1.29, 1.82) is 0 Å². The van der Waals surface area contributed by atoms with Crippen molar-refractivity contribution < 1.29 is 9.05 Å². The molecular formula is C8H22NO2P. The zero-order valence-corrected chi connectivity index (χ0v) is 9.56. The van der Waals surface area contributed by atoms with Crippen LogP contribution in [-0.2, 0) is 9.05 Å². The summed E-state index contributed by atoms with van der Waals surface area (Å²) < 4.78 is 11.3. The summed E-state index contributed by atoms with van der Waals surface area (Å²) in [6, 6.07) is 0. The van der Waals surface area contributed by atoms with Crippen LogP contribution >= 0.6 is 7.21 Å². The number of rotatable bonds is 6. The maximum atomic E-state index is 6.23. The van der Waals surface area contributed by atoms with Crippen LogP contribution in [-0.4, -0.2) is 25.5 Å². The van der Waals surface area contributed by atoms with E-state index in [0.717, 1.165) is 12.3 Å².